The van der Waals surface area contributed by atoms with Crippen LogP contribution in [0.25, 0.3) is 0 Å². The summed E-state index contributed by atoms with van der Waals surface area (Å²) in [5.74, 6) is 0.902. The molecule has 3 nitrogen and oxygen atoms in total. The van der Waals surface area contributed by atoms with Crippen molar-refractivity contribution in [2.75, 3.05) is 24.5 Å². The number of allylic oxidation sites excluding steroid dienone is 2. The summed E-state index contributed by atoms with van der Waals surface area (Å²) >= 11 is 6.05. The van der Waals surface area contributed by atoms with Crippen LogP contribution in [-0.4, -0.2) is 25.5 Å². The van der Waals surface area contributed by atoms with Gasteiger partial charge in [-0.3, -0.25) is 4.79 Å². The van der Waals surface area contributed by atoms with E-state index < -0.39 is 0 Å². The number of benzene rings is 1. The van der Waals surface area contributed by atoms with Crippen molar-refractivity contribution in [3.8, 4) is 0 Å². The molecule has 1 amide bonds. The third-order valence-corrected chi connectivity index (χ3v) is 4.64. The number of rotatable bonds is 4. The number of hydrogen-bond donors (Lipinski definition) is 1. The monoisotopic (exact) mass is 304 g/mol. The van der Waals surface area contributed by atoms with Crippen molar-refractivity contribution in [3.05, 3.63) is 41.4 Å². The number of halogens is 1. The molecule has 1 N–H and O–H groups in total. The first-order chi connectivity index (χ1) is 10.2. The summed E-state index contributed by atoms with van der Waals surface area (Å²) in [4.78, 5) is 14.4. The maximum atomic E-state index is 12.0. The predicted octanol–water partition coefficient (Wildman–Crippen LogP) is 3.25. The van der Waals surface area contributed by atoms with E-state index in [-0.39, 0.29) is 11.8 Å². The zero-order valence-electron chi connectivity index (χ0n) is 12.1. The molecule has 0 saturated carbocycles. The summed E-state index contributed by atoms with van der Waals surface area (Å²) in [5.41, 5.74) is 1.18. The van der Waals surface area contributed by atoms with Crippen molar-refractivity contribution in [1.29, 1.82) is 0 Å². The van der Waals surface area contributed by atoms with Crippen LogP contribution in [-0.2, 0) is 4.79 Å². The van der Waals surface area contributed by atoms with Crippen LogP contribution >= 0.6 is 11.6 Å². The van der Waals surface area contributed by atoms with Crippen molar-refractivity contribution >= 4 is 23.2 Å². The van der Waals surface area contributed by atoms with Crippen LogP contribution < -0.4 is 10.2 Å². The fourth-order valence-corrected chi connectivity index (χ4v) is 3.31. The third kappa shape index (κ3) is 3.59. The molecule has 0 radical (unpaired) electrons. The average molecular weight is 305 g/mol. The maximum absolute atomic E-state index is 12.0. The van der Waals surface area contributed by atoms with Crippen LogP contribution in [0.3, 0.4) is 0 Å². The van der Waals surface area contributed by atoms with E-state index >= 15 is 0 Å². The molecule has 0 aromatic heterocycles. The molecule has 2 aliphatic rings. The van der Waals surface area contributed by atoms with Gasteiger partial charge in [0, 0.05) is 36.3 Å². The van der Waals surface area contributed by atoms with Crippen molar-refractivity contribution in [2.24, 2.45) is 11.8 Å². The molecule has 1 aromatic rings. The molecule has 1 heterocycles. The molecule has 0 unspecified atom stereocenters. The van der Waals surface area contributed by atoms with Crippen LogP contribution in [0.5, 0.6) is 0 Å². The van der Waals surface area contributed by atoms with E-state index in [1.165, 1.54) is 5.69 Å². The number of amides is 1. The van der Waals surface area contributed by atoms with Crippen molar-refractivity contribution in [2.45, 2.75) is 19.3 Å². The topological polar surface area (TPSA) is 32.3 Å². The molecule has 21 heavy (non-hydrogen) atoms. The van der Waals surface area contributed by atoms with Gasteiger partial charge in [0.1, 0.15) is 0 Å². The van der Waals surface area contributed by atoms with Gasteiger partial charge in [0.25, 0.3) is 0 Å². The highest BCUT2D eigenvalue weighted by atomic mass is 35.5. The van der Waals surface area contributed by atoms with E-state index in [4.69, 9.17) is 11.6 Å². The smallest absolute Gasteiger partial charge is 0.223 e. The normalized spacial score (nSPS) is 22.0. The Kier molecular flexibility index (Phi) is 4.49. The lowest BCUT2D eigenvalue weighted by Gasteiger charge is -2.19. The second-order valence-corrected chi connectivity index (χ2v) is 6.40. The maximum Gasteiger partial charge on any atom is 0.223 e. The summed E-state index contributed by atoms with van der Waals surface area (Å²) in [5, 5.41) is 3.89. The van der Waals surface area contributed by atoms with Gasteiger partial charge in [-0.2, -0.15) is 0 Å². The molecule has 1 atom stereocenters. The molecule has 0 spiro atoms. The lowest BCUT2D eigenvalue weighted by Crippen LogP contribution is -2.34. The fourth-order valence-electron chi connectivity index (χ4n) is 3.13. The minimum Gasteiger partial charge on any atom is -0.371 e. The van der Waals surface area contributed by atoms with Gasteiger partial charge in [0.05, 0.1) is 0 Å². The second kappa shape index (κ2) is 6.52. The minimum atomic E-state index is 0.162. The standard InChI is InChI=1S/C17H21ClN2O/c18-15-6-3-7-16(10-15)20-9-8-13(12-20)11-19-17(21)14-4-1-2-5-14/h1-3,6-7,10,13-14H,4-5,8-9,11-12H2,(H,19,21)/t13-/m0/s1. The van der Waals surface area contributed by atoms with Gasteiger partial charge < -0.3 is 10.2 Å². The van der Waals surface area contributed by atoms with Crippen LogP contribution in [0.2, 0.25) is 5.02 Å². The van der Waals surface area contributed by atoms with E-state index in [9.17, 15) is 4.79 Å². The summed E-state index contributed by atoms with van der Waals surface area (Å²) in [6.07, 6.45) is 7.10. The summed E-state index contributed by atoms with van der Waals surface area (Å²) < 4.78 is 0. The van der Waals surface area contributed by atoms with Gasteiger partial charge in [-0.25, -0.2) is 0 Å². The van der Waals surface area contributed by atoms with Gasteiger partial charge >= 0.3 is 0 Å². The van der Waals surface area contributed by atoms with Gasteiger partial charge in [-0.05, 0) is 43.4 Å². The highest BCUT2D eigenvalue weighted by Crippen LogP contribution is 2.26. The molecule has 1 aliphatic carbocycles. The number of nitrogens with zero attached hydrogens (tertiary/aromatic N) is 1. The lowest BCUT2D eigenvalue weighted by atomic mass is 10.1. The molecule has 1 aliphatic heterocycles. The molecule has 1 aromatic carbocycles. The molecular weight excluding hydrogens is 284 g/mol. The van der Waals surface area contributed by atoms with E-state index in [0.29, 0.717) is 5.92 Å². The van der Waals surface area contributed by atoms with E-state index in [2.05, 4.69) is 28.4 Å². The first kappa shape index (κ1) is 14.5. The Hall–Kier alpha value is -1.48. The minimum absolute atomic E-state index is 0.162. The molecule has 1 fully saturated rings. The Morgan fingerprint density at radius 2 is 2.14 bits per heavy atom. The highest BCUT2D eigenvalue weighted by Gasteiger charge is 2.25. The van der Waals surface area contributed by atoms with Crippen LogP contribution in [0.1, 0.15) is 19.3 Å². The molecule has 112 valence electrons. The summed E-state index contributed by atoms with van der Waals surface area (Å²) in [7, 11) is 0. The molecule has 3 rings (SSSR count). The Bertz CT molecular complexity index is 535. The Morgan fingerprint density at radius 3 is 2.90 bits per heavy atom. The van der Waals surface area contributed by atoms with Gasteiger partial charge in [0.2, 0.25) is 5.91 Å². The number of carbonyl (C=O) groups is 1. The van der Waals surface area contributed by atoms with E-state index in [1.807, 2.05) is 18.2 Å². The highest BCUT2D eigenvalue weighted by molar-refractivity contribution is 6.30. The van der Waals surface area contributed by atoms with Gasteiger partial charge in [0.15, 0.2) is 0 Å². The predicted molar refractivity (Wildman–Crippen MR) is 86.6 cm³/mol. The molecule has 0 bridgehead atoms. The molecular formula is C17H21ClN2O. The zero-order chi connectivity index (χ0) is 14.7. The Labute approximate surface area is 131 Å². The Morgan fingerprint density at radius 1 is 1.33 bits per heavy atom. The average Bonchev–Trinajstić information content (AvgIpc) is 3.16. The van der Waals surface area contributed by atoms with Gasteiger partial charge in [-0.1, -0.05) is 29.8 Å². The van der Waals surface area contributed by atoms with Crippen molar-refractivity contribution in [3.63, 3.8) is 0 Å². The third-order valence-electron chi connectivity index (χ3n) is 4.40. The zero-order valence-corrected chi connectivity index (χ0v) is 12.9. The Balaban J connectivity index is 1.47. The van der Waals surface area contributed by atoms with E-state index in [0.717, 1.165) is 43.9 Å². The number of anilines is 1. The van der Waals surface area contributed by atoms with Crippen LogP contribution in [0.4, 0.5) is 5.69 Å². The summed E-state index contributed by atoms with van der Waals surface area (Å²) in [6, 6.07) is 7.98. The van der Waals surface area contributed by atoms with Crippen LogP contribution in [0.15, 0.2) is 36.4 Å². The second-order valence-electron chi connectivity index (χ2n) is 5.97. The lowest BCUT2D eigenvalue weighted by molar-refractivity contribution is -0.124. The number of hydrogen-bond acceptors (Lipinski definition) is 2. The van der Waals surface area contributed by atoms with Crippen molar-refractivity contribution < 1.29 is 4.79 Å². The van der Waals surface area contributed by atoms with Gasteiger partial charge in [-0.15, -0.1) is 0 Å². The first-order valence-corrected chi connectivity index (χ1v) is 8.03. The summed E-state index contributed by atoms with van der Waals surface area (Å²) in [6.45, 7) is 2.81. The quantitative estimate of drug-likeness (QED) is 0.866. The van der Waals surface area contributed by atoms with Crippen molar-refractivity contribution in [1.82, 2.24) is 5.32 Å². The number of nitrogens with one attached hydrogen (secondary N) is 1. The SMILES string of the molecule is O=C(NC[C@@H]1CCN(c2cccc(Cl)c2)C1)C1CC=CC1. The van der Waals surface area contributed by atoms with E-state index in [1.54, 1.807) is 0 Å². The molecule has 4 heteroatoms. The molecule has 1 saturated heterocycles. The number of carbonyl (C=O) groups excluding carboxylic acids is 1. The fraction of sp³-hybridized carbons (Fsp3) is 0.471. The first-order valence-electron chi connectivity index (χ1n) is 7.65. The van der Waals surface area contributed by atoms with Crippen LogP contribution in [0, 0.1) is 11.8 Å². The largest absolute Gasteiger partial charge is 0.371 e.